The van der Waals surface area contributed by atoms with Gasteiger partial charge in [0.2, 0.25) is 0 Å². The lowest BCUT2D eigenvalue weighted by Gasteiger charge is -2.07. The average molecular weight is 290 g/mol. The largest absolute Gasteiger partial charge is 0.399 e. The van der Waals surface area contributed by atoms with Crippen LogP contribution in [-0.4, -0.2) is 8.42 Å². The molecule has 0 aliphatic carbocycles. The molecule has 0 saturated heterocycles. The topological polar surface area (TPSA) is 84.0 Å². The van der Waals surface area contributed by atoms with Crippen LogP contribution >= 0.6 is 0 Å². The molecule has 2 aromatic rings. The number of halogens is 1. The number of hydrogen-bond acceptors (Lipinski definition) is 4. The molecule has 0 atom stereocenters. The Morgan fingerprint density at radius 1 is 1.20 bits per heavy atom. The average Bonchev–Trinajstić information content (AvgIpc) is 2.41. The molecule has 20 heavy (non-hydrogen) atoms. The van der Waals surface area contributed by atoms with Crippen molar-refractivity contribution in [2.45, 2.75) is 10.6 Å². The van der Waals surface area contributed by atoms with Crippen LogP contribution in [0.25, 0.3) is 0 Å². The van der Waals surface area contributed by atoms with Gasteiger partial charge in [-0.05, 0) is 24.3 Å². The molecule has 0 amide bonds. The molecule has 0 aromatic heterocycles. The van der Waals surface area contributed by atoms with Crippen molar-refractivity contribution >= 4 is 15.5 Å². The van der Waals surface area contributed by atoms with Crippen LogP contribution in [0.1, 0.15) is 11.1 Å². The second-order valence-electron chi connectivity index (χ2n) is 4.22. The zero-order valence-corrected chi connectivity index (χ0v) is 11.2. The van der Waals surface area contributed by atoms with E-state index in [2.05, 4.69) is 0 Å². The minimum atomic E-state index is -3.71. The number of nitriles is 1. The van der Waals surface area contributed by atoms with Crippen LogP contribution in [0.2, 0.25) is 0 Å². The first-order chi connectivity index (χ1) is 9.44. The van der Waals surface area contributed by atoms with Crippen molar-refractivity contribution in [2.24, 2.45) is 0 Å². The van der Waals surface area contributed by atoms with Gasteiger partial charge in [-0.2, -0.15) is 5.26 Å². The number of benzene rings is 2. The monoisotopic (exact) mass is 290 g/mol. The first kappa shape index (κ1) is 14.0. The van der Waals surface area contributed by atoms with E-state index in [4.69, 9.17) is 11.0 Å². The highest BCUT2D eigenvalue weighted by Gasteiger charge is 2.19. The maximum Gasteiger partial charge on any atom is 0.182 e. The number of rotatable bonds is 3. The Labute approximate surface area is 116 Å². The van der Waals surface area contributed by atoms with Crippen LogP contribution in [0.15, 0.2) is 47.4 Å². The number of nitrogens with zero attached hydrogens (tertiary/aromatic N) is 1. The van der Waals surface area contributed by atoms with E-state index < -0.39 is 21.4 Å². The SMILES string of the molecule is N#Cc1cccc(CS(=O)(=O)c2cccc(N)c2)c1F. The fraction of sp³-hybridized carbons (Fsp3) is 0.0714. The summed E-state index contributed by atoms with van der Waals surface area (Å²) < 4.78 is 38.3. The van der Waals surface area contributed by atoms with Crippen LogP contribution in [0.4, 0.5) is 10.1 Å². The molecule has 0 fully saturated rings. The fourth-order valence-electron chi connectivity index (χ4n) is 1.77. The van der Waals surface area contributed by atoms with E-state index in [1.54, 1.807) is 12.1 Å². The Morgan fingerprint density at radius 2 is 1.90 bits per heavy atom. The van der Waals surface area contributed by atoms with Crippen molar-refractivity contribution < 1.29 is 12.8 Å². The Bertz CT molecular complexity index is 795. The molecule has 0 heterocycles. The van der Waals surface area contributed by atoms with Gasteiger partial charge in [0.25, 0.3) is 0 Å². The molecule has 0 unspecified atom stereocenters. The lowest BCUT2D eigenvalue weighted by molar-refractivity contribution is 0.586. The summed E-state index contributed by atoms with van der Waals surface area (Å²) in [5, 5.41) is 8.74. The van der Waals surface area contributed by atoms with Crippen molar-refractivity contribution in [3.8, 4) is 6.07 Å². The molecular weight excluding hydrogens is 279 g/mol. The molecule has 2 N–H and O–H groups in total. The van der Waals surface area contributed by atoms with Gasteiger partial charge >= 0.3 is 0 Å². The highest BCUT2D eigenvalue weighted by atomic mass is 32.2. The van der Waals surface area contributed by atoms with E-state index in [9.17, 15) is 12.8 Å². The number of hydrogen-bond donors (Lipinski definition) is 1. The molecule has 4 nitrogen and oxygen atoms in total. The minimum Gasteiger partial charge on any atom is -0.399 e. The molecule has 2 aromatic carbocycles. The summed E-state index contributed by atoms with van der Waals surface area (Å²) >= 11 is 0. The second kappa shape index (κ2) is 5.31. The number of sulfone groups is 1. The van der Waals surface area contributed by atoms with E-state index in [-0.39, 0.29) is 16.0 Å². The van der Waals surface area contributed by atoms with E-state index in [0.29, 0.717) is 5.69 Å². The summed E-state index contributed by atoms with van der Waals surface area (Å²) in [7, 11) is -3.71. The fourth-order valence-corrected chi connectivity index (χ4v) is 3.17. The first-order valence-electron chi connectivity index (χ1n) is 5.70. The molecule has 6 heteroatoms. The van der Waals surface area contributed by atoms with Crippen molar-refractivity contribution in [3.05, 3.63) is 59.4 Å². The highest BCUT2D eigenvalue weighted by molar-refractivity contribution is 7.90. The van der Waals surface area contributed by atoms with Gasteiger partial charge in [-0.1, -0.05) is 18.2 Å². The smallest absolute Gasteiger partial charge is 0.182 e. The van der Waals surface area contributed by atoms with Gasteiger partial charge in [-0.3, -0.25) is 0 Å². The normalized spacial score (nSPS) is 11.0. The van der Waals surface area contributed by atoms with E-state index in [0.717, 1.165) is 0 Å². The standard InChI is InChI=1S/C14H11FN2O2S/c15-14-10(8-16)3-1-4-11(14)9-20(18,19)13-6-2-5-12(17)7-13/h1-7H,9,17H2. The molecule has 0 bridgehead atoms. The maximum atomic E-state index is 13.9. The Morgan fingerprint density at radius 3 is 2.55 bits per heavy atom. The van der Waals surface area contributed by atoms with Gasteiger partial charge in [0.1, 0.15) is 11.9 Å². The molecular formula is C14H11FN2O2S. The zero-order chi connectivity index (χ0) is 14.8. The van der Waals surface area contributed by atoms with Crippen LogP contribution in [0.3, 0.4) is 0 Å². The van der Waals surface area contributed by atoms with Crippen molar-refractivity contribution in [3.63, 3.8) is 0 Å². The van der Waals surface area contributed by atoms with Gasteiger partial charge in [0.15, 0.2) is 9.84 Å². The molecule has 102 valence electrons. The van der Waals surface area contributed by atoms with Crippen LogP contribution in [0, 0.1) is 17.1 Å². The highest BCUT2D eigenvalue weighted by Crippen LogP contribution is 2.21. The van der Waals surface area contributed by atoms with Crippen LogP contribution in [0.5, 0.6) is 0 Å². The summed E-state index contributed by atoms with van der Waals surface area (Å²) in [6, 6.07) is 11.6. The maximum absolute atomic E-state index is 13.9. The van der Waals surface area contributed by atoms with Crippen molar-refractivity contribution in [2.75, 3.05) is 5.73 Å². The zero-order valence-electron chi connectivity index (χ0n) is 10.4. The quantitative estimate of drug-likeness (QED) is 0.879. The predicted molar refractivity (Wildman–Crippen MR) is 72.9 cm³/mol. The van der Waals surface area contributed by atoms with Crippen LogP contribution in [-0.2, 0) is 15.6 Å². The molecule has 0 aliphatic heterocycles. The molecule has 0 spiro atoms. The third kappa shape index (κ3) is 2.78. The van der Waals surface area contributed by atoms with Crippen molar-refractivity contribution in [1.82, 2.24) is 0 Å². The third-order valence-electron chi connectivity index (χ3n) is 2.76. The first-order valence-corrected chi connectivity index (χ1v) is 7.35. The predicted octanol–water partition coefficient (Wildman–Crippen LogP) is 2.25. The number of nitrogens with two attached hydrogens (primary N) is 1. The molecule has 2 rings (SSSR count). The number of nitrogen functional groups attached to an aromatic ring is 1. The lowest BCUT2D eigenvalue weighted by atomic mass is 10.1. The van der Waals surface area contributed by atoms with Gasteiger partial charge in [0, 0.05) is 11.3 Å². The molecule has 0 radical (unpaired) electrons. The van der Waals surface area contributed by atoms with Gasteiger partial charge in [-0.25, -0.2) is 12.8 Å². The molecule has 0 saturated carbocycles. The summed E-state index contributed by atoms with van der Waals surface area (Å²) in [4.78, 5) is 0.0271. The Balaban J connectivity index is 2.42. The van der Waals surface area contributed by atoms with E-state index in [1.807, 2.05) is 0 Å². The van der Waals surface area contributed by atoms with Crippen LogP contribution < -0.4 is 5.73 Å². The lowest BCUT2D eigenvalue weighted by Crippen LogP contribution is -2.07. The molecule has 0 aliphatic rings. The third-order valence-corrected chi connectivity index (χ3v) is 4.43. The summed E-state index contributed by atoms with van der Waals surface area (Å²) in [5.74, 6) is -1.32. The van der Waals surface area contributed by atoms with Crippen molar-refractivity contribution in [1.29, 1.82) is 5.26 Å². The van der Waals surface area contributed by atoms with Gasteiger partial charge < -0.3 is 5.73 Å². The number of anilines is 1. The van der Waals surface area contributed by atoms with Gasteiger partial charge in [0.05, 0.1) is 16.2 Å². The van der Waals surface area contributed by atoms with Gasteiger partial charge in [-0.15, -0.1) is 0 Å². The summed E-state index contributed by atoms with van der Waals surface area (Å²) in [5.41, 5.74) is 5.65. The summed E-state index contributed by atoms with van der Waals surface area (Å²) in [6.07, 6.45) is 0. The minimum absolute atomic E-state index is 0.0271. The van der Waals surface area contributed by atoms with E-state index in [1.165, 1.54) is 36.4 Å². The van der Waals surface area contributed by atoms with E-state index >= 15 is 0 Å². The Kier molecular flexibility index (Phi) is 3.72. The summed E-state index contributed by atoms with van der Waals surface area (Å²) in [6.45, 7) is 0. The Hall–Kier alpha value is -2.39. The second-order valence-corrected chi connectivity index (χ2v) is 6.21.